The maximum absolute atomic E-state index is 12.7. The number of hydrogen-bond acceptors (Lipinski definition) is 2. The van der Waals surface area contributed by atoms with Gasteiger partial charge >= 0.3 is 0 Å². The second-order valence-corrected chi connectivity index (χ2v) is 6.06. The maximum atomic E-state index is 12.7. The zero-order valence-electron chi connectivity index (χ0n) is 11.9. The molecule has 0 aliphatic rings. The number of aryl methyl sites for hydroxylation is 2. The van der Waals surface area contributed by atoms with E-state index in [-0.39, 0.29) is 5.78 Å². The largest absolute Gasteiger partial charge is 0.289 e. The Bertz CT molecular complexity index is 855. The van der Waals surface area contributed by atoms with Crippen molar-refractivity contribution in [3.8, 4) is 0 Å². The van der Waals surface area contributed by atoms with Gasteiger partial charge in [0.05, 0.1) is 5.52 Å². The molecule has 21 heavy (non-hydrogen) atoms. The van der Waals surface area contributed by atoms with Crippen LogP contribution in [-0.4, -0.2) is 10.8 Å². The third kappa shape index (κ3) is 2.74. The van der Waals surface area contributed by atoms with Crippen molar-refractivity contribution in [2.24, 2.45) is 0 Å². The molecule has 0 bridgehead atoms. The Morgan fingerprint density at radius 1 is 1.00 bits per heavy atom. The van der Waals surface area contributed by atoms with E-state index in [0.29, 0.717) is 5.56 Å². The van der Waals surface area contributed by atoms with Crippen molar-refractivity contribution in [3.63, 3.8) is 0 Å². The number of hydrogen-bond donors (Lipinski definition) is 0. The lowest BCUT2D eigenvalue weighted by molar-refractivity contribution is 0.103. The van der Waals surface area contributed by atoms with Crippen molar-refractivity contribution in [3.05, 3.63) is 75.4 Å². The van der Waals surface area contributed by atoms with E-state index >= 15 is 0 Å². The van der Waals surface area contributed by atoms with Gasteiger partial charge in [0.25, 0.3) is 0 Å². The van der Waals surface area contributed by atoms with Crippen molar-refractivity contribution >= 4 is 32.6 Å². The summed E-state index contributed by atoms with van der Waals surface area (Å²) in [4.78, 5) is 17.1. The van der Waals surface area contributed by atoms with Gasteiger partial charge in [0.15, 0.2) is 5.78 Å². The highest BCUT2D eigenvalue weighted by molar-refractivity contribution is 9.10. The van der Waals surface area contributed by atoms with Crippen LogP contribution in [0.5, 0.6) is 0 Å². The van der Waals surface area contributed by atoms with Gasteiger partial charge in [0.1, 0.15) is 0 Å². The van der Waals surface area contributed by atoms with E-state index in [1.165, 1.54) is 0 Å². The predicted molar refractivity (Wildman–Crippen MR) is 88.8 cm³/mol. The summed E-state index contributed by atoms with van der Waals surface area (Å²) in [5, 5.41) is 0.987. The van der Waals surface area contributed by atoms with Gasteiger partial charge in [-0.1, -0.05) is 22.0 Å². The lowest BCUT2D eigenvalue weighted by Gasteiger charge is -2.07. The maximum Gasteiger partial charge on any atom is 0.193 e. The Morgan fingerprint density at radius 2 is 1.81 bits per heavy atom. The summed E-state index contributed by atoms with van der Waals surface area (Å²) in [5.74, 6) is 0.0440. The summed E-state index contributed by atoms with van der Waals surface area (Å²) < 4.78 is 0.981. The summed E-state index contributed by atoms with van der Waals surface area (Å²) in [6.45, 7) is 3.91. The zero-order valence-corrected chi connectivity index (χ0v) is 13.4. The number of ketones is 1. The van der Waals surface area contributed by atoms with Crippen LogP contribution in [0.3, 0.4) is 0 Å². The average molecular weight is 340 g/mol. The van der Waals surface area contributed by atoms with Crippen LogP contribution in [-0.2, 0) is 0 Å². The van der Waals surface area contributed by atoms with Crippen LogP contribution < -0.4 is 0 Å². The van der Waals surface area contributed by atoms with Crippen LogP contribution in [0.25, 0.3) is 10.9 Å². The average Bonchev–Trinajstić information content (AvgIpc) is 2.46. The zero-order chi connectivity index (χ0) is 15.0. The number of pyridine rings is 1. The molecule has 0 saturated heterocycles. The molecule has 1 aromatic heterocycles. The molecule has 0 spiro atoms. The first-order valence-corrected chi connectivity index (χ1v) is 7.52. The lowest BCUT2D eigenvalue weighted by Crippen LogP contribution is -2.03. The van der Waals surface area contributed by atoms with Crippen molar-refractivity contribution in [2.45, 2.75) is 13.8 Å². The van der Waals surface area contributed by atoms with Gasteiger partial charge in [-0.2, -0.15) is 0 Å². The summed E-state index contributed by atoms with van der Waals surface area (Å²) >= 11 is 3.42. The van der Waals surface area contributed by atoms with Gasteiger partial charge in [0.2, 0.25) is 0 Å². The molecule has 3 rings (SSSR count). The van der Waals surface area contributed by atoms with Crippen molar-refractivity contribution in [1.29, 1.82) is 0 Å². The van der Waals surface area contributed by atoms with E-state index in [0.717, 1.165) is 32.2 Å². The third-order valence-corrected chi connectivity index (χ3v) is 4.02. The van der Waals surface area contributed by atoms with Gasteiger partial charge in [-0.3, -0.25) is 9.78 Å². The number of benzene rings is 2. The predicted octanol–water partition coefficient (Wildman–Crippen LogP) is 4.85. The van der Waals surface area contributed by atoms with Gasteiger partial charge in [-0.25, -0.2) is 0 Å². The Morgan fingerprint density at radius 3 is 2.57 bits per heavy atom. The quantitative estimate of drug-likeness (QED) is 0.625. The molecule has 0 aliphatic carbocycles. The monoisotopic (exact) mass is 339 g/mol. The molecule has 0 amide bonds. The number of fused-ring (bicyclic) bond motifs is 1. The Kier molecular flexibility index (Phi) is 3.60. The molecule has 0 fully saturated rings. The third-order valence-electron chi connectivity index (χ3n) is 3.52. The second-order valence-electron chi connectivity index (χ2n) is 5.15. The number of nitrogens with zero attached hydrogens (tertiary/aromatic N) is 1. The van der Waals surface area contributed by atoms with E-state index in [1.807, 2.05) is 62.4 Å². The molecular weight excluding hydrogens is 326 g/mol. The molecule has 0 unspecified atom stereocenters. The Hall–Kier alpha value is -2.00. The molecule has 3 aromatic rings. The van der Waals surface area contributed by atoms with Gasteiger partial charge in [0, 0.05) is 26.7 Å². The summed E-state index contributed by atoms with van der Waals surface area (Å²) in [6.07, 6.45) is 0. The molecule has 104 valence electrons. The Balaban J connectivity index is 2.07. The summed E-state index contributed by atoms with van der Waals surface area (Å²) in [6, 6.07) is 15.3. The number of halogens is 1. The molecular formula is C18H14BrNO. The molecule has 3 heteroatoms. The number of aromatic nitrogens is 1. The highest BCUT2D eigenvalue weighted by atomic mass is 79.9. The van der Waals surface area contributed by atoms with Gasteiger partial charge in [-0.15, -0.1) is 0 Å². The second kappa shape index (κ2) is 5.41. The van der Waals surface area contributed by atoms with E-state index < -0.39 is 0 Å². The molecule has 0 aliphatic heterocycles. The van der Waals surface area contributed by atoms with E-state index in [4.69, 9.17) is 0 Å². The fraction of sp³-hybridized carbons (Fsp3) is 0.111. The van der Waals surface area contributed by atoms with Crippen molar-refractivity contribution < 1.29 is 4.79 Å². The number of rotatable bonds is 2. The van der Waals surface area contributed by atoms with Crippen LogP contribution in [0.4, 0.5) is 0 Å². The minimum Gasteiger partial charge on any atom is -0.289 e. The minimum atomic E-state index is 0.0440. The molecule has 2 nitrogen and oxygen atoms in total. The SMILES string of the molecule is Cc1ccc2cc(C(=O)c3ccc(Br)cc3C)ccc2n1. The first-order valence-electron chi connectivity index (χ1n) is 6.73. The molecule has 0 radical (unpaired) electrons. The Labute approximate surface area is 132 Å². The first kappa shape index (κ1) is 14.0. The summed E-state index contributed by atoms with van der Waals surface area (Å²) in [5.41, 5.74) is 4.29. The molecule has 1 heterocycles. The van der Waals surface area contributed by atoms with E-state index in [2.05, 4.69) is 20.9 Å². The van der Waals surface area contributed by atoms with Gasteiger partial charge < -0.3 is 0 Å². The van der Waals surface area contributed by atoms with Crippen LogP contribution in [0.15, 0.2) is 53.0 Å². The fourth-order valence-electron chi connectivity index (χ4n) is 2.41. The fourth-order valence-corrected chi connectivity index (χ4v) is 2.88. The van der Waals surface area contributed by atoms with E-state index in [1.54, 1.807) is 0 Å². The van der Waals surface area contributed by atoms with Gasteiger partial charge in [-0.05, 0) is 61.9 Å². The molecule has 2 aromatic carbocycles. The molecule has 0 atom stereocenters. The van der Waals surface area contributed by atoms with Crippen LogP contribution >= 0.6 is 15.9 Å². The standard InChI is InChI=1S/C18H14BrNO/c1-11-9-15(19)6-7-16(11)18(21)14-5-8-17-13(10-14)4-3-12(2)20-17/h3-10H,1-2H3. The molecule has 0 saturated carbocycles. The number of carbonyl (C=O) groups excluding carboxylic acids is 1. The first-order chi connectivity index (χ1) is 10.0. The summed E-state index contributed by atoms with van der Waals surface area (Å²) in [7, 11) is 0. The van der Waals surface area contributed by atoms with Crippen molar-refractivity contribution in [2.75, 3.05) is 0 Å². The highest BCUT2D eigenvalue weighted by Gasteiger charge is 2.12. The topological polar surface area (TPSA) is 30.0 Å². The minimum absolute atomic E-state index is 0.0440. The van der Waals surface area contributed by atoms with Crippen LogP contribution in [0, 0.1) is 13.8 Å². The smallest absolute Gasteiger partial charge is 0.193 e. The van der Waals surface area contributed by atoms with E-state index in [9.17, 15) is 4.79 Å². The van der Waals surface area contributed by atoms with Crippen LogP contribution in [0.1, 0.15) is 27.2 Å². The highest BCUT2D eigenvalue weighted by Crippen LogP contribution is 2.21. The van der Waals surface area contributed by atoms with Crippen LogP contribution in [0.2, 0.25) is 0 Å². The van der Waals surface area contributed by atoms with Crippen molar-refractivity contribution in [1.82, 2.24) is 4.98 Å². The lowest BCUT2D eigenvalue weighted by atomic mass is 9.98. The normalized spacial score (nSPS) is 10.8. The number of carbonyl (C=O) groups is 1. The molecule has 0 N–H and O–H groups in total.